The Labute approximate surface area is 126 Å². The van der Waals surface area contributed by atoms with E-state index in [2.05, 4.69) is 67.1 Å². The molecule has 0 fully saturated rings. The Hall–Kier alpha value is -1.67. The average Bonchev–Trinajstić information content (AvgIpc) is 2.93. The molecule has 2 heteroatoms. The molecule has 1 heterocycles. The molecule has 3 rings (SSSR count). The summed E-state index contributed by atoms with van der Waals surface area (Å²) < 4.78 is 3.37. The van der Waals surface area contributed by atoms with Gasteiger partial charge in [0, 0.05) is 16.2 Å². The van der Waals surface area contributed by atoms with Gasteiger partial charge in [0.25, 0.3) is 0 Å². The largest absolute Gasteiger partial charge is 0.325 e. The van der Waals surface area contributed by atoms with Crippen molar-refractivity contribution < 1.29 is 0 Å². The Bertz CT molecular complexity index is 612. The number of benzene rings is 2. The third-order valence-electron chi connectivity index (χ3n) is 3.22. The zero-order valence-electron chi connectivity index (χ0n) is 12.5. The van der Waals surface area contributed by atoms with Crippen molar-refractivity contribution in [3.05, 3.63) is 59.7 Å². The highest BCUT2D eigenvalue weighted by molar-refractivity contribution is 7.98. The highest BCUT2D eigenvalue weighted by atomic mass is 32.2. The van der Waals surface area contributed by atoms with E-state index in [0.29, 0.717) is 0 Å². The first kappa shape index (κ1) is 14.7. The van der Waals surface area contributed by atoms with Crippen LogP contribution in [0.1, 0.15) is 31.9 Å². The molecule has 0 radical (unpaired) electrons. The van der Waals surface area contributed by atoms with Gasteiger partial charge in [0.1, 0.15) is 0 Å². The predicted molar refractivity (Wildman–Crippen MR) is 90.6 cm³/mol. The summed E-state index contributed by atoms with van der Waals surface area (Å²) in [5, 5.41) is 0. The predicted octanol–water partition coefficient (Wildman–Crippen LogP) is 5.66. The summed E-state index contributed by atoms with van der Waals surface area (Å²) in [6.45, 7) is 8.19. The fourth-order valence-corrected chi connectivity index (χ4v) is 3.14. The summed E-state index contributed by atoms with van der Waals surface area (Å²) in [7, 11) is 0. The van der Waals surface area contributed by atoms with Crippen molar-refractivity contribution in [3.8, 4) is 11.1 Å². The summed E-state index contributed by atoms with van der Waals surface area (Å²) in [4.78, 5) is 1.31. The second-order valence-electron chi connectivity index (χ2n) is 4.45. The van der Waals surface area contributed by atoms with E-state index in [1.54, 1.807) is 11.9 Å². The van der Waals surface area contributed by atoms with Gasteiger partial charge >= 0.3 is 0 Å². The molecular weight excluding hydrogens is 262 g/mol. The molecule has 0 saturated heterocycles. The molecular formula is C18H21NS. The minimum absolute atomic E-state index is 1.21. The third kappa shape index (κ3) is 2.75. The molecule has 0 atom stereocenters. The normalized spacial score (nSPS) is 14.3. The second kappa shape index (κ2) is 6.67. The topological polar surface area (TPSA) is 12.0 Å². The molecule has 1 N–H and O–H groups in total. The zero-order valence-corrected chi connectivity index (χ0v) is 13.3. The molecule has 104 valence electrons. The van der Waals surface area contributed by atoms with Gasteiger partial charge in [0.2, 0.25) is 0 Å². The van der Waals surface area contributed by atoms with E-state index in [0.717, 1.165) is 0 Å². The average molecular weight is 283 g/mol. The van der Waals surface area contributed by atoms with Crippen LogP contribution in [-0.4, -0.2) is 0 Å². The smallest absolute Gasteiger partial charge is 0.0491 e. The van der Waals surface area contributed by atoms with Crippen molar-refractivity contribution in [1.29, 1.82) is 0 Å². The maximum Gasteiger partial charge on any atom is 0.0491 e. The lowest BCUT2D eigenvalue weighted by atomic mass is 9.97. The van der Waals surface area contributed by atoms with Crippen LogP contribution in [-0.2, 0) is 0 Å². The van der Waals surface area contributed by atoms with Crippen LogP contribution in [0.5, 0.6) is 0 Å². The number of allylic oxidation sites excluding steroid dienone is 1. The fraction of sp³-hybridized carbons (Fsp3) is 0.222. The molecule has 20 heavy (non-hydrogen) atoms. The number of aryl methyl sites for hydroxylation is 1. The van der Waals surface area contributed by atoms with Gasteiger partial charge in [0.15, 0.2) is 0 Å². The SMILES string of the molecule is C/C=C1\NSc2cccc(-c3ccc(C)cc3)c21.CC. The van der Waals surface area contributed by atoms with Gasteiger partial charge in [-0.05, 0) is 43.0 Å². The Morgan fingerprint density at radius 1 is 1.00 bits per heavy atom. The number of fused-ring (bicyclic) bond motifs is 1. The van der Waals surface area contributed by atoms with E-state index in [9.17, 15) is 0 Å². The Balaban J connectivity index is 0.000000704. The quantitative estimate of drug-likeness (QED) is 0.678. The molecule has 1 aliphatic rings. The van der Waals surface area contributed by atoms with Crippen molar-refractivity contribution in [3.63, 3.8) is 0 Å². The maximum atomic E-state index is 3.37. The highest BCUT2D eigenvalue weighted by Gasteiger charge is 2.19. The molecule has 0 bridgehead atoms. The first-order chi connectivity index (χ1) is 9.79. The minimum Gasteiger partial charge on any atom is -0.325 e. The number of hydrogen-bond acceptors (Lipinski definition) is 2. The monoisotopic (exact) mass is 283 g/mol. The molecule has 2 aromatic rings. The van der Waals surface area contributed by atoms with Crippen LogP contribution in [0, 0.1) is 6.92 Å². The molecule has 0 spiro atoms. The molecule has 0 aromatic heterocycles. The van der Waals surface area contributed by atoms with E-state index in [1.165, 1.54) is 32.8 Å². The summed E-state index contributed by atoms with van der Waals surface area (Å²) in [5.74, 6) is 0. The van der Waals surface area contributed by atoms with Crippen LogP contribution in [0.25, 0.3) is 16.8 Å². The van der Waals surface area contributed by atoms with Crippen molar-refractivity contribution in [2.24, 2.45) is 0 Å². The molecule has 1 nitrogen and oxygen atoms in total. The van der Waals surface area contributed by atoms with Gasteiger partial charge in [-0.25, -0.2) is 0 Å². The second-order valence-corrected chi connectivity index (χ2v) is 5.30. The van der Waals surface area contributed by atoms with Crippen molar-refractivity contribution in [1.82, 2.24) is 4.72 Å². The zero-order chi connectivity index (χ0) is 14.5. The van der Waals surface area contributed by atoms with Gasteiger partial charge in [0.05, 0.1) is 0 Å². The lowest BCUT2D eigenvalue weighted by molar-refractivity contribution is 1.38. The third-order valence-corrected chi connectivity index (χ3v) is 4.10. The van der Waals surface area contributed by atoms with E-state index in [-0.39, 0.29) is 0 Å². The molecule has 0 saturated carbocycles. The first-order valence-electron chi connectivity index (χ1n) is 7.09. The standard InChI is InChI=1S/C16H15NS.C2H6/c1-3-14-16-13(5-4-6-15(16)18-17-14)12-9-7-11(2)8-10-12;1-2/h3-10,17H,1-2H3;1-2H3/b14-3-;. The van der Waals surface area contributed by atoms with Crippen LogP contribution in [0.2, 0.25) is 0 Å². The Morgan fingerprint density at radius 3 is 2.35 bits per heavy atom. The van der Waals surface area contributed by atoms with Crippen LogP contribution < -0.4 is 4.72 Å². The minimum atomic E-state index is 1.21. The summed E-state index contributed by atoms with van der Waals surface area (Å²) >= 11 is 1.69. The van der Waals surface area contributed by atoms with Crippen molar-refractivity contribution >= 4 is 17.6 Å². The first-order valence-corrected chi connectivity index (χ1v) is 7.91. The van der Waals surface area contributed by atoms with Gasteiger partial charge < -0.3 is 4.72 Å². The molecule has 0 aliphatic carbocycles. The van der Waals surface area contributed by atoms with Gasteiger partial charge in [-0.15, -0.1) is 0 Å². The summed E-state index contributed by atoms with van der Waals surface area (Å²) in [6, 6.07) is 15.2. The number of hydrogen-bond donors (Lipinski definition) is 1. The lowest BCUT2D eigenvalue weighted by Gasteiger charge is -2.08. The van der Waals surface area contributed by atoms with Gasteiger partial charge in [-0.1, -0.05) is 61.9 Å². The maximum absolute atomic E-state index is 3.37. The van der Waals surface area contributed by atoms with E-state index >= 15 is 0 Å². The molecule has 2 aromatic carbocycles. The highest BCUT2D eigenvalue weighted by Crippen LogP contribution is 2.40. The van der Waals surface area contributed by atoms with Crippen molar-refractivity contribution in [2.45, 2.75) is 32.6 Å². The lowest BCUT2D eigenvalue weighted by Crippen LogP contribution is -1.94. The number of rotatable bonds is 1. The van der Waals surface area contributed by atoms with Crippen LogP contribution in [0.3, 0.4) is 0 Å². The molecule has 0 amide bonds. The summed E-state index contributed by atoms with van der Waals surface area (Å²) in [6.07, 6.45) is 2.14. The Kier molecular flexibility index (Phi) is 4.91. The van der Waals surface area contributed by atoms with E-state index in [4.69, 9.17) is 0 Å². The van der Waals surface area contributed by atoms with E-state index in [1.807, 2.05) is 13.8 Å². The van der Waals surface area contributed by atoms with Crippen LogP contribution in [0.15, 0.2) is 53.4 Å². The molecule has 1 aliphatic heterocycles. The van der Waals surface area contributed by atoms with Crippen molar-refractivity contribution in [2.75, 3.05) is 0 Å². The van der Waals surface area contributed by atoms with E-state index < -0.39 is 0 Å². The van der Waals surface area contributed by atoms with Gasteiger partial charge in [-0.2, -0.15) is 0 Å². The fourth-order valence-electron chi connectivity index (χ4n) is 2.23. The van der Waals surface area contributed by atoms with Crippen LogP contribution >= 0.6 is 11.9 Å². The number of nitrogens with one attached hydrogen (secondary N) is 1. The molecule has 0 unspecified atom stereocenters. The summed E-state index contributed by atoms with van der Waals surface area (Å²) in [5.41, 5.74) is 6.42. The van der Waals surface area contributed by atoms with Crippen LogP contribution in [0.4, 0.5) is 0 Å². The Morgan fingerprint density at radius 2 is 1.70 bits per heavy atom. The van der Waals surface area contributed by atoms with Gasteiger partial charge in [-0.3, -0.25) is 0 Å².